The Morgan fingerprint density at radius 2 is 1.80 bits per heavy atom. The zero-order valence-corrected chi connectivity index (χ0v) is 10.6. The van der Waals surface area contributed by atoms with E-state index in [1.807, 2.05) is 0 Å². The summed E-state index contributed by atoms with van der Waals surface area (Å²) in [6.45, 7) is 10.9. The van der Waals surface area contributed by atoms with Gasteiger partial charge in [0.1, 0.15) is 0 Å². The lowest BCUT2D eigenvalue weighted by Gasteiger charge is -2.27. The van der Waals surface area contributed by atoms with Crippen LogP contribution in [0.2, 0.25) is 0 Å². The quantitative estimate of drug-likeness (QED) is 0.749. The van der Waals surface area contributed by atoms with Gasteiger partial charge in [0.05, 0.1) is 0 Å². The SMILES string of the molecule is CC(CNC(C)C1(C)CC1)N1CCCC1. The number of hydrogen-bond acceptors (Lipinski definition) is 2. The molecule has 0 aromatic rings. The van der Waals surface area contributed by atoms with E-state index < -0.39 is 0 Å². The van der Waals surface area contributed by atoms with Gasteiger partial charge in [0.2, 0.25) is 0 Å². The molecule has 2 fully saturated rings. The van der Waals surface area contributed by atoms with Crippen LogP contribution >= 0.6 is 0 Å². The van der Waals surface area contributed by atoms with Crippen molar-refractivity contribution < 1.29 is 0 Å². The fourth-order valence-electron chi connectivity index (χ4n) is 2.54. The van der Waals surface area contributed by atoms with Crippen molar-refractivity contribution in [1.82, 2.24) is 10.2 Å². The summed E-state index contributed by atoms with van der Waals surface area (Å²) in [7, 11) is 0. The molecule has 0 aromatic heterocycles. The van der Waals surface area contributed by atoms with Gasteiger partial charge in [0.15, 0.2) is 0 Å². The zero-order valence-electron chi connectivity index (χ0n) is 10.6. The van der Waals surface area contributed by atoms with Crippen molar-refractivity contribution in [2.45, 2.75) is 58.5 Å². The molecular weight excluding hydrogens is 184 g/mol. The summed E-state index contributed by atoms with van der Waals surface area (Å²) in [6, 6.07) is 1.42. The molecule has 1 heterocycles. The Kier molecular flexibility index (Phi) is 3.36. The van der Waals surface area contributed by atoms with E-state index in [0.29, 0.717) is 11.5 Å². The number of rotatable bonds is 5. The predicted molar refractivity (Wildman–Crippen MR) is 65.1 cm³/mol. The van der Waals surface area contributed by atoms with Gasteiger partial charge in [-0.3, -0.25) is 4.90 Å². The smallest absolute Gasteiger partial charge is 0.0192 e. The lowest BCUT2D eigenvalue weighted by molar-refractivity contribution is 0.236. The van der Waals surface area contributed by atoms with E-state index >= 15 is 0 Å². The monoisotopic (exact) mass is 210 g/mol. The highest BCUT2D eigenvalue weighted by atomic mass is 15.2. The first-order valence-corrected chi connectivity index (χ1v) is 6.59. The van der Waals surface area contributed by atoms with Gasteiger partial charge in [0, 0.05) is 18.6 Å². The molecular formula is C13H26N2. The van der Waals surface area contributed by atoms with Crippen LogP contribution in [0.25, 0.3) is 0 Å². The van der Waals surface area contributed by atoms with Gasteiger partial charge in [-0.25, -0.2) is 0 Å². The topological polar surface area (TPSA) is 15.3 Å². The van der Waals surface area contributed by atoms with Gasteiger partial charge in [0.25, 0.3) is 0 Å². The Labute approximate surface area is 94.4 Å². The van der Waals surface area contributed by atoms with Crippen LogP contribution < -0.4 is 5.32 Å². The van der Waals surface area contributed by atoms with Crippen molar-refractivity contribution in [2.24, 2.45) is 5.41 Å². The first-order valence-electron chi connectivity index (χ1n) is 6.59. The molecule has 2 nitrogen and oxygen atoms in total. The second-order valence-electron chi connectivity index (χ2n) is 5.88. The molecule has 1 N–H and O–H groups in total. The summed E-state index contributed by atoms with van der Waals surface area (Å²) < 4.78 is 0. The number of nitrogens with zero attached hydrogens (tertiary/aromatic N) is 1. The number of nitrogens with one attached hydrogen (secondary N) is 1. The molecule has 2 atom stereocenters. The van der Waals surface area contributed by atoms with Gasteiger partial charge in [-0.05, 0) is 58.0 Å². The third-order valence-electron chi connectivity index (χ3n) is 4.57. The summed E-state index contributed by atoms with van der Waals surface area (Å²) in [6.07, 6.45) is 5.63. The van der Waals surface area contributed by atoms with E-state index in [0.717, 1.165) is 12.6 Å². The van der Waals surface area contributed by atoms with Crippen LogP contribution in [0, 0.1) is 5.41 Å². The first-order chi connectivity index (χ1) is 7.12. The van der Waals surface area contributed by atoms with Gasteiger partial charge in [-0.1, -0.05) is 6.92 Å². The standard InChI is InChI=1S/C13H26N2/c1-11(15-8-4-5-9-15)10-14-12(2)13(3)6-7-13/h11-12,14H,4-10H2,1-3H3. The molecule has 1 saturated heterocycles. The van der Waals surface area contributed by atoms with Crippen LogP contribution in [-0.4, -0.2) is 36.6 Å². The highest BCUT2D eigenvalue weighted by Gasteiger charge is 2.42. The summed E-state index contributed by atoms with van der Waals surface area (Å²) in [5.74, 6) is 0. The molecule has 0 radical (unpaired) electrons. The van der Waals surface area contributed by atoms with Crippen LogP contribution in [0.1, 0.15) is 46.5 Å². The summed E-state index contributed by atoms with van der Waals surface area (Å²) in [5, 5.41) is 3.72. The van der Waals surface area contributed by atoms with Gasteiger partial charge >= 0.3 is 0 Å². The van der Waals surface area contributed by atoms with Crippen molar-refractivity contribution in [3.8, 4) is 0 Å². The summed E-state index contributed by atoms with van der Waals surface area (Å²) in [4.78, 5) is 2.62. The molecule has 0 spiro atoms. The fourth-order valence-corrected chi connectivity index (χ4v) is 2.54. The van der Waals surface area contributed by atoms with Gasteiger partial charge in [-0.15, -0.1) is 0 Å². The largest absolute Gasteiger partial charge is 0.312 e. The molecule has 2 heteroatoms. The van der Waals surface area contributed by atoms with Crippen molar-refractivity contribution in [1.29, 1.82) is 0 Å². The van der Waals surface area contributed by atoms with Gasteiger partial charge in [-0.2, -0.15) is 0 Å². The first kappa shape index (κ1) is 11.4. The molecule has 0 amide bonds. The number of hydrogen-bond donors (Lipinski definition) is 1. The average molecular weight is 210 g/mol. The highest BCUT2D eigenvalue weighted by Crippen LogP contribution is 2.47. The van der Waals surface area contributed by atoms with Crippen LogP contribution in [0.3, 0.4) is 0 Å². The maximum absolute atomic E-state index is 3.72. The van der Waals surface area contributed by atoms with Crippen LogP contribution in [-0.2, 0) is 0 Å². The van der Waals surface area contributed by atoms with Crippen molar-refractivity contribution >= 4 is 0 Å². The predicted octanol–water partition coefficient (Wildman–Crippen LogP) is 2.25. The Balaban J connectivity index is 1.68. The Morgan fingerprint density at radius 1 is 1.20 bits per heavy atom. The average Bonchev–Trinajstić information content (AvgIpc) is 2.79. The third-order valence-corrected chi connectivity index (χ3v) is 4.57. The Morgan fingerprint density at radius 3 is 2.33 bits per heavy atom. The zero-order chi connectivity index (χ0) is 10.9. The molecule has 1 aliphatic heterocycles. The van der Waals surface area contributed by atoms with Crippen LogP contribution in [0.15, 0.2) is 0 Å². The number of likely N-dealkylation sites (tertiary alicyclic amines) is 1. The van der Waals surface area contributed by atoms with Gasteiger partial charge < -0.3 is 5.32 Å². The maximum atomic E-state index is 3.72. The maximum Gasteiger partial charge on any atom is 0.0192 e. The van der Waals surface area contributed by atoms with E-state index in [1.54, 1.807) is 0 Å². The lowest BCUT2D eigenvalue weighted by atomic mass is 10.0. The van der Waals surface area contributed by atoms with E-state index in [4.69, 9.17) is 0 Å². The second kappa shape index (κ2) is 4.42. The molecule has 2 unspecified atom stereocenters. The van der Waals surface area contributed by atoms with Crippen LogP contribution in [0.4, 0.5) is 0 Å². The second-order valence-corrected chi connectivity index (χ2v) is 5.88. The minimum absolute atomic E-state index is 0.616. The van der Waals surface area contributed by atoms with Crippen molar-refractivity contribution in [3.63, 3.8) is 0 Å². The molecule has 2 rings (SSSR count). The third kappa shape index (κ3) is 2.73. The molecule has 1 aliphatic carbocycles. The molecule has 88 valence electrons. The minimum Gasteiger partial charge on any atom is -0.312 e. The van der Waals surface area contributed by atoms with Crippen molar-refractivity contribution in [2.75, 3.05) is 19.6 Å². The minimum atomic E-state index is 0.616. The lowest BCUT2D eigenvalue weighted by Crippen LogP contribution is -2.43. The van der Waals surface area contributed by atoms with E-state index in [2.05, 4.69) is 31.0 Å². The van der Waals surface area contributed by atoms with E-state index in [1.165, 1.54) is 38.8 Å². The Bertz CT molecular complexity index is 205. The van der Waals surface area contributed by atoms with E-state index in [9.17, 15) is 0 Å². The van der Waals surface area contributed by atoms with E-state index in [-0.39, 0.29) is 0 Å². The van der Waals surface area contributed by atoms with Crippen molar-refractivity contribution in [3.05, 3.63) is 0 Å². The molecule has 0 bridgehead atoms. The normalized spacial score (nSPS) is 29.0. The molecule has 15 heavy (non-hydrogen) atoms. The molecule has 1 saturated carbocycles. The highest BCUT2D eigenvalue weighted by molar-refractivity contribution is 4.96. The van der Waals surface area contributed by atoms with Crippen LogP contribution in [0.5, 0.6) is 0 Å². The fraction of sp³-hybridized carbons (Fsp3) is 1.00. The molecule has 2 aliphatic rings. The summed E-state index contributed by atoms with van der Waals surface area (Å²) >= 11 is 0. The summed E-state index contributed by atoms with van der Waals surface area (Å²) in [5.41, 5.74) is 0.616. The molecule has 0 aromatic carbocycles. The Hall–Kier alpha value is -0.0800.